The second-order valence-corrected chi connectivity index (χ2v) is 4.53. The van der Waals surface area contributed by atoms with Crippen molar-refractivity contribution in [1.82, 2.24) is 4.90 Å². The van der Waals surface area contributed by atoms with E-state index in [2.05, 4.69) is 15.9 Å². The fourth-order valence-electron chi connectivity index (χ4n) is 1.25. The minimum Gasteiger partial charge on any atom is -0.480 e. The van der Waals surface area contributed by atoms with Gasteiger partial charge in [-0.1, -0.05) is 6.07 Å². The van der Waals surface area contributed by atoms with Crippen LogP contribution in [0.5, 0.6) is 0 Å². The Labute approximate surface area is 102 Å². The molecule has 0 bridgehead atoms. The fraction of sp³-hybridized carbons (Fsp3) is 0.364. The van der Waals surface area contributed by atoms with Gasteiger partial charge in [0.15, 0.2) is 0 Å². The topological polar surface area (TPSA) is 40.5 Å². The number of aliphatic carboxylic acids is 1. The van der Waals surface area contributed by atoms with Crippen LogP contribution in [-0.2, 0) is 11.3 Å². The molecule has 88 valence electrons. The van der Waals surface area contributed by atoms with Crippen LogP contribution in [0.1, 0.15) is 12.5 Å². The van der Waals surface area contributed by atoms with Crippen LogP contribution < -0.4 is 0 Å². The lowest BCUT2D eigenvalue weighted by Crippen LogP contribution is -2.35. The molecule has 0 saturated heterocycles. The van der Waals surface area contributed by atoms with E-state index in [9.17, 15) is 9.18 Å². The van der Waals surface area contributed by atoms with Crippen molar-refractivity contribution in [2.45, 2.75) is 19.5 Å². The Hall–Kier alpha value is -0.940. The summed E-state index contributed by atoms with van der Waals surface area (Å²) < 4.78 is 13.4. The summed E-state index contributed by atoms with van der Waals surface area (Å²) in [6, 6.07) is 4.09. The van der Waals surface area contributed by atoms with E-state index in [0.29, 0.717) is 11.0 Å². The van der Waals surface area contributed by atoms with Gasteiger partial charge >= 0.3 is 5.97 Å². The number of likely N-dealkylation sites (N-methyl/N-ethyl adjacent to an activating group) is 1. The first-order valence-corrected chi connectivity index (χ1v) is 5.58. The fourth-order valence-corrected chi connectivity index (χ4v) is 1.68. The molecule has 1 rings (SSSR count). The number of rotatable bonds is 4. The number of nitrogens with zero attached hydrogens (tertiary/aromatic N) is 1. The highest BCUT2D eigenvalue weighted by molar-refractivity contribution is 9.10. The number of benzene rings is 1. The maximum Gasteiger partial charge on any atom is 0.320 e. The van der Waals surface area contributed by atoms with Gasteiger partial charge in [0, 0.05) is 6.54 Å². The first-order chi connectivity index (χ1) is 7.41. The summed E-state index contributed by atoms with van der Waals surface area (Å²) in [4.78, 5) is 12.4. The maximum atomic E-state index is 13.0. The van der Waals surface area contributed by atoms with Crippen LogP contribution in [0.2, 0.25) is 0 Å². The van der Waals surface area contributed by atoms with Crippen LogP contribution >= 0.6 is 15.9 Å². The third-order valence-corrected chi connectivity index (χ3v) is 3.04. The Kier molecular flexibility index (Phi) is 4.44. The van der Waals surface area contributed by atoms with Crippen molar-refractivity contribution in [3.05, 3.63) is 34.1 Å². The molecule has 16 heavy (non-hydrogen) atoms. The van der Waals surface area contributed by atoms with Crippen molar-refractivity contribution in [1.29, 1.82) is 0 Å². The molecular formula is C11H13BrFNO2. The first kappa shape index (κ1) is 13.1. The third kappa shape index (κ3) is 3.28. The minimum absolute atomic E-state index is 0.322. The van der Waals surface area contributed by atoms with E-state index in [1.165, 1.54) is 6.07 Å². The normalized spacial score (nSPS) is 12.8. The Bertz CT molecular complexity index is 398. The van der Waals surface area contributed by atoms with Crippen LogP contribution in [0.15, 0.2) is 22.7 Å². The summed E-state index contributed by atoms with van der Waals surface area (Å²) >= 11 is 3.09. The minimum atomic E-state index is -0.872. The first-order valence-electron chi connectivity index (χ1n) is 4.78. The Morgan fingerprint density at radius 1 is 1.62 bits per heavy atom. The molecule has 0 aliphatic carbocycles. The van der Waals surface area contributed by atoms with Gasteiger partial charge in [0.25, 0.3) is 0 Å². The average Bonchev–Trinajstić information content (AvgIpc) is 2.22. The largest absolute Gasteiger partial charge is 0.480 e. The van der Waals surface area contributed by atoms with Gasteiger partial charge in [-0.05, 0) is 47.6 Å². The predicted octanol–water partition coefficient (Wildman–Crippen LogP) is 2.49. The highest BCUT2D eigenvalue weighted by atomic mass is 79.9. The summed E-state index contributed by atoms with van der Waals surface area (Å²) in [6.07, 6.45) is 0. The Balaban J connectivity index is 2.73. The molecule has 0 saturated carbocycles. The molecule has 0 aliphatic rings. The predicted molar refractivity (Wildman–Crippen MR) is 62.7 cm³/mol. The van der Waals surface area contributed by atoms with Crippen LogP contribution in [0.4, 0.5) is 4.39 Å². The van der Waals surface area contributed by atoms with Gasteiger partial charge in [0.1, 0.15) is 11.9 Å². The molecule has 1 unspecified atom stereocenters. The quantitative estimate of drug-likeness (QED) is 0.926. The molecule has 1 aromatic carbocycles. The number of hydrogen-bond donors (Lipinski definition) is 1. The smallest absolute Gasteiger partial charge is 0.320 e. The molecule has 0 aliphatic heterocycles. The lowest BCUT2D eigenvalue weighted by atomic mass is 10.2. The van der Waals surface area contributed by atoms with E-state index in [1.807, 2.05) is 0 Å². The molecule has 0 fully saturated rings. The van der Waals surface area contributed by atoms with Crippen molar-refractivity contribution >= 4 is 21.9 Å². The lowest BCUT2D eigenvalue weighted by Gasteiger charge is -2.21. The highest BCUT2D eigenvalue weighted by Crippen LogP contribution is 2.18. The van der Waals surface area contributed by atoms with E-state index >= 15 is 0 Å². The Morgan fingerprint density at radius 3 is 2.75 bits per heavy atom. The zero-order chi connectivity index (χ0) is 12.3. The SMILES string of the molecule is CC(C(=O)O)N(C)Cc1ccc(F)c(Br)c1. The number of carboxylic acids is 1. The molecule has 5 heteroatoms. The van der Waals surface area contributed by atoms with E-state index < -0.39 is 12.0 Å². The zero-order valence-electron chi connectivity index (χ0n) is 9.08. The van der Waals surface area contributed by atoms with Gasteiger partial charge in [-0.3, -0.25) is 9.69 Å². The highest BCUT2D eigenvalue weighted by Gasteiger charge is 2.16. The van der Waals surface area contributed by atoms with Crippen LogP contribution in [0.25, 0.3) is 0 Å². The summed E-state index contributed by atoms with van der Waals surface area (Å²) in [5.74, 6) is -1.19. The molecule has 0 spiro atoms. The van der Waals surface area contributed by atoms with E-state index in [4.69, 9.17) is 5.11 Å². The van der Waals surface area contributed by atoms with Gasteiger partial charge in [-0.15, -0.1) is 0 Å². The van der Waals surface area contributed by atoms with Gasteiger partial charge in [0.05, 0.1) is 4.47 Å². The zero-order valence-corrected chi connectivity index (χ0v) is 10.7. The van der Waals surface area contributed by atoms with Crippen LogP contribution in [0.3, 0.4) is 0 Å². The number of halogens is 2. The van der Waals surface area contributed by atoms with Gasteiger partial charge in [0.2, 0.25) is 0 Å². The molecule has 0 amide bonds. The lowest BCUT2D eigenvalue weighted by molar-refractivity contribution is -0.142. The van der Waals surface area contributed by atoms with Crippen molar-refractivity contribution in [2.75, 3.05) is 7.05 Å². The number of hydrogen-bond acceptors (Lipinski definition) is 2. The second-order valence-electron chi connectivity index (χ2n) is 3.68. The molecule has 1 aromatic rings. The summed E-state index contributed by atoms with van der Waals surface area (Å²) in [6.45, 7) is 2.08. The Morgan fingerprint density at radius 2 is 2.25 bits per heavy atom. The molecule has 3 nitrogen and oxygen atoms in total. The van der Waals surface area contributed by atoms with Crippen molar-refractivity contribution in [3.8, 4) is 0 Å². The molecule has 1 atom stereocenters. The molecule has 0 heterocycles. The maximum absolute atomic E-state index is 13.0. The second kappa shape index (κ2) is 5.41. The molecule has 0 radical (unpaired) electrons. The monoisotopic (exact) mass is 289 g/mol. The van der Waals surface area contributed by atoms with Gasteiger partial charge < -0.3 is 5.11 Å². The van der Waals surface area contributed by atoms with Crippen LogP contribution in [-0.4, -0.2) is 29.1 Å². The van der Waals surface area contributed by atoms with E-state index in [0.717, 1.165) is 5.56 Å². The molecular weight excluding hydrogens is 277 g/mol. The number of carbonyl (C=O) groups is 1. The molecule has 1 N–H and O–H groups in total. The van der Waals surface area contributed by atoms with Crippen molar-refractivity contribution in [3.63, 3.8) is 0 Å². The summed E-state index contributed by atoms with van der Waals surface area (Å²) in [5.41, 5.74) is 0.865. The standard InChI is InChI=1S/C11H13BrFNO2/c1-7(11(15)16)14(2)6-8-3-4-10(13)9(12)5-8/h3-5,7H,6H2,1-2H3,(H,15,16). The summed E-state index contributed by atoms with van der Waals surface area (Å²) in [7, 11) is 1.72. The van der Waals surface area contributed by atoms with E-state index in [1.54, 1.807) is 31.0 Å². The summed E-state index contributed by atoms with van der Waals surface area (Å²) in [5, 5.41) is 8.82. The van der Waals surface area contributed by atoms with Crippen molar-refractivity contribution in [2.24, 2.45) is 0 Å². The van der Waals surface area contributed by atoms with Gasteiger partial charge in [-0.2, -0.15) is 0 Å². The average molecular weight is 290 g/mol. The van der Waals surface area contributed by atoms with Crippen molar-refractivity contribution < 1.29 is 14.3 Å². The number of carboxylic acid groups (broad SMARTS) is 1. The van der Waals surface area contributed by atoms with E-state index in [-0.39, 0.29) is 5.82 Å². The molecule has 0 aromatic heterocycles. The third-order valence-electron chi connectivity index (χ3n) is 2.43. The van der Waals surface area contributed by atoms with Crippen LogP contribution in [0, 0.1) is 5.82 Å². The van der Waals surface area contributed by atoms with Gasteiger partial charge in [-0.25, -0.2) is 4.39 Å².